The van der Waals surface area contributed by atoms with Gasteiger partial charge in [0.25, 0.3) is 0 Å². The maximum atomic E-state index is 4.67. The van der Waals surface area contributed by atoms with Crippen LogP contribution in [0.4, 0.5) is 0 Å². The Labute approximate surface area is 74.5 Å². The van der Waals surface area contributed by atoms with Crippen LogP contribution < -0.4 is 0 Å². The zero-order chi connectivity index (χ0) is 7.82. The molecule has 2 nitrogen and oxygen atoms in total. The van der Waals surface area contributed by atoms with E-state index in [2.05, 4.69) is 31.8 Å². The van der Waals surface area contributed by atoms with Crippen molar-refractivity contribution in [3.8, 4) is 0 Å². The maximum absolute atomic E-state index is 4.67. The molecule has 1 rings (SSSR count). The van der Waals surface area contributed by atoms with Crippen LogP contribution in [-0.4, -0.2) is 9.55 Å². The predicted molar refractivity (Wildman–Crippen MR) is 40.3 cm³/mol. The standard InChI is InChI=1S/C5H6N2.2ClH.Cu/c1-2-7-4-3-6-5-7;;;/h2-5H,1H2;2*1H;/q;;;+2/p-2. The Kier molecular flexibility index (Phi) is 7.20. The van der Waals surface area contributed by atoms with Crippen molar-refractivity contribution in [3.05, 3.63) is 25.3 Å². The molecule has 1 aromatic rings. The number of hydrogen-bond donors (Lipinski definition) is 0. The van der Waals surface area contributed by atoms with E-state index in [9.17, 15) is 0 Å². The van der Waals surface area contributed by atoms with Gasteiger partial charge in [0.05, 0.1) is 6.33 Å². The molecule has 61 valence electrons. The Bertz CT molecular complexity index is 164. The van der Waals surface area contributed by atoms with Crippen LogP contribution in [0.15, 0.2) is 25.3 Å². The normalized spacial score (nSPS) is 8.20. The van der Waals surface area contributed by atoms with E-state index < -0.39 is 0 Å². The van der Waals surface area contributed by atoms with Crippen LogP contribution in [0.2, 0.25) is 0 Å². The summed E-state index contributed by atoms with van der Waals surface area (Å²) in [6, 6.07) is 0. The Morgan fingerprint density at radius 2 is 2.20 bits per heavy atom. The van der Waals surface area contributed by atoms with Crippen LogP contribution in [0.25, 0.3) is 6.20 Å². The van der Waals surface area contributed by atoms with Crippen molar-refractivity contribution in [2.45, 2.75) is 0 Å². The zero-order valence-electron chi connectivity index (χ0n) is 4.97. The predicted octanol–water partition coefficient (Wildman–Crippen LogP) is 2.36. The van der Waals surface area contributed by atoms with Gasteiger partial charge in [-0.05, 0) is 0 Å². The molecule has 1 aromatic heterocycles. The van der Waals surface area contributed by atoms with E-state index in [1.807, 2.05) is 6.20 Å². The Morgan fingerprint density at radius 1 is 1.60 bits per heavy atom. The fourth-order valence-corrected chi connectivity index (χ4v) is 0.377. The van der Waals surface area contributed by atoms with Crippen molar-refractivity contribution >= 4 is 26.4 Å². The first kappa shape index (κ1) is 10.0. The van der Waals surface area contributed by atoms with E-state index in [-0.39, 0.29) is 0 Å². The van der Waals surface area contributed by atoms with E-state index in [0.717, 1.165) is 13.1 Å². The van der Waals surface area contributed by atoms with E-state index in [4.69, 9.17) is 0 Å². The Morgan fingerprint density at radius 3 is 2.40 bits per heavy atom. The van der Waals surface area contributed by atoms with Crippen molar-refractivity contribution < 1.29 is 13.1 Å². The summed E-state index contributed by atoms with van der Waals surface area (Å²) in [7, 11) is 9.34. The third kappa shape index (κ3) is 4.88. The van der Waals surface area contributed by atoms with Crippen LogP contribution in [0, 0.1) is 0 Å². The zero-order valence-corrected chi connectivity index (χ0v) is 7.42. The first-order chi connectivity index (χ1) is 4.85. The molecule has 0 aliphatic heterocycles. The number of nitrogens with zero attached hydrogens (tertiary/aromatic N) is 2. The molecule has 1 heterocycles. The SMILES string of the molecule is C=Cn1ccnc1.[Cl][Cu][Cl]. The van der Waals surface area contributed by atoms with Gasteiger partial charge in [-0.15, -0.1) is 0 Å². The second-order valence-corrected chi connectivity index (χ2v) is 2.79. The second kappa shape index (κ2) is 7.16. The van der Waals surface area contributed by atoms with Crippen molar-refractivity contribution in [1.29, 1.82) is 0 Å². The molecule has 0 bridgehead atoms. The summed E-state index contributed by atoms with van der Waals surface area (Å²) in [6.45, 7) is 3.53. The van der Waals surface area contributed by atoms with Crippen molar-refractivity contribution in [2.24, 2.45) is 0 Å². The molecule has 0 fully saturated rings. The first-order valence-corrected chi connectivity index (χ1v) is 4.85. The van der Waals surface area contributed by atoms with E-state index in [0.29, 0.717) is 0 Å². The molecule has 0 saturated carbocycles. The van der Waals surface area contributed by atoms with E-state index >= 15 is 0 Å². The summed E-state index contributed by atoms with van der Waals surface area (Å²) >= 11 is 0.757. The fraction of sp³-hybridized carbons (Fsp3) is 0. The molecule has 0 aliphatic rings. The molecule has 0 saturated heterocycles. The Balaban J connectivity index is 0.000000236. The summed E-state index contributed by atoms with van der Waals surface area (Å²) in [6.07, 6.45) is 6.91. The molecule has 0 N–H and O–H groups in total. The Hall–Kier alpha value is 0.0495. The van der Waals surface area contributed by atoms with Crippen molar-refractivity contribution in [2.75, 3.05) is 0 Å². The van der Waals surface area contributed by atoms with Gasteiger partial charge < -0.3 is 4.57 Å². The van der Waals surface area contributed by atoms with Crippen molar-refractivity contribution in [1.82, 2.24) is 9.55 Å². The number of aromatic nitrogens is 2. The summed E-state index contributed by atoms with van der Waals surface area (Å²) in [5.74, 6) is 0. The van der Waals surface area contributed by atoms with Gasteiger partial charge in [-0.3, -0.25) is 0 Å². The molecule has 0 aromatic carbocycles. The monoisotopic (exact) mass is 227 g/mol. The van der Waals surface area contributed by atoms with E-state index in [1.165, 1.54) is 0 Å². The van der Waals surface area contributed by atoms with Gasteiger partial charge >= 0.3 is 33.3 Å². The molecular weight excluding hydrogens is 223 g/mol. The van der Waals surface area contributed by atoms with Gasteiger partial charge in [0.1, 0.15) is 0 Å². The summed E-state index contributed by atoms with van der Waals surface area (Å²) in [5, 5.41) is 0. The molecule has 5 heteroatoms. The van der Waals surface area contributed by atoms with Crippen LogP contribution in [0.5, 0.6) is 0 Å². The molecule has 0 amide bonds. The number of imidazole rings is 1. The van der Waals surface area contributed by atoms with E-state index in [1.54, 1.807) is 23.3 Å². The summed E-state index contributed by atoms with van der Waals surface area (Å²) in [4.78, 5) is 3.78. The molecule has 0 unspecified atom stereocenters. The van der Waals surface area contributed by atoms with Crippen LogP contribution >= 0.6 is 20.2 Å². The summed E-state index contributed by atoms with van der Waals surface area (Å²) < 4.78 is 1.78. The minimum absolute atomic E-state index is 0.757. The van der Waals surface area contributed by atoms with Gasteiger partial charge in [0.2, 0.25) is 0 Å². The fourth-order valence-electron chi connectivity index (χ4n) is 0.377. The number of hydrogen-bond acceptors (Lipinski definition) is 1. The second-order valence-electron chi connectivity index (χ2n) is 1.24. The third-order valence-electron chi connectivity index (χ3n) is 0.736. The number of halogens is 2. The average Bonchev–Trinajstić information content (AvgIpc) is 2.39. The average molecular weight is 229 g/mol. The van der Waals surface area contributed by atoms with Gasteiger partial charge in [0.15, 0.2) is 0 Å². The topological polar surface area (TPSA) is 17.8 Å². The molecule has 0 atom stereocenters. The van der Waals surface area contributed by atoms with Crippen LogP contribution in [0.3, 0.4) is 0 Å². The third-order valence-corrected chi connectivity index (χ3v) is 0.736. The van der Waals surface area contributed by atoms with Gasteiger partial charge in [0, 0.05) is 18.6 Å². The molecule has 0 aliphatic carbocycles. The van der Waals surface area contributed by atoms with Gasteiger partial charge in [-0.2, -0.15) is 0 Å². The van der Waals surface area contributed by atoms with Gasteiger partial charge in [-0.25, -0.2) is 4.98 Å². The van der Waals surface area contributed by atoms with Crippen LogP contribution in [0.1, 0.15) is 0 Å². The molecule has 10 heavy (non-hydrogen) atoms. The first-order valence-electron chi connectivity index (χ1n) is 2.26. The molecule has 0 spiro atoms. The van der Waals surface area contributed by atoms with Crippen LogP contribution in [-0.2, 0) is 13.1 Å². The quantitative estimate of drug-likeness (QED) is 0.675. The molecular formula is C5H6Cl2CuN2. The minimum atomic E-state index is 0.757. The summed E-state index contributed by atoms with van der Waals surface area (Å²) in [5.41, 5.74) is 0. The molecule has 0 radical (unpaired) electrons. The van der Waals surface area contributed by atoms with Gasteiger partial charge in [-0.1, -0.05) is 6.58 Å². The number of rotatable bonds is 1. The van der Waals surface area contributed by atoms with Crippen molar-refractivity contribution in [3.63, 3.8) is 0 Å².